The second-order valence-corrected chi connectivity index (χ2v) is 6.61. The lowest BCUT2D eigenvalue weighted by molar-refractivity contribution is 0.195. The van der Waals surface area contributed by atoms with Crippen LogP contribution < -0.4 is 5.32 Å². The Morgan fingerprint density at radius 3 is 2.67 bits per heavy atom. The van der Waals surface area contributed by atoms with Crippen molar-refractivity contribution in [3.63, 3.8) is 0 Å². The van der Waals surface area contributed by atoms with E-state index in [-0.39, 0.29) is 24.3 Å². The van der Waals surface area contributed by atoms with Crippen molar-refractivity contribution in [1.29, 1.82) is 0 Å². The number of hydrogen-bond donors (Lipinski definition) is 1. The zero-order valence-corrected chi connectivity index (χ0v) is 14.6. The highest BCUT2D eigenvalue weighted by atomic mass is 79.9. The summed E-state index contributed by atoms with van der Waals surface area (Å²) in [4.78, 5) is 2.35. The fourth-order valence-corrected chi connectivity index (χ4v) is 3.74. The summed E-state index contributed by atoms with van der Waals surface area (Å²) in [6.45, 7) is 3.78. The number of hydrogen-bond acceptors (Lipinski definition) is 3. The van der Waals surface area contributed by atoms with E-state index in [4.69, 9.17) is 0 Å². The van der Waals surface area contributed by atoms with Gasteiger partial charge in [-0.1, -0.05) is 15.9 Å². The highest BCUT2D eigenvalue weighted by Crippen LogP contribution is 2.33. The van der Waals surface area contributed by atoms with Crippen LogP contribution in [-0.4, -0.2) is 31.1 Å². The standard InChI is InChI=1S/C15H16BrFN2S.ClH/c16-12-1-2-14(17)13(9-12)15(11-3-8-20-10-11)19-6-4-18-5-7-19;/h1-3,8-10,15,18H,4-7H2;1H/t15-;/m0./s1. The van der Waals surface area contributed by atoms with Gasteiger partial charge in [0, 0.05) is 36.2 Å². The molecule has 114 valence electrons. The summed E-state index contributed by atoms with van der Waals surface area (Å²) in [7, 11) is 0. The SMILES string of the molecule is Cl.Fc1ccc(Br)cc1[C@H](c1ccsc1)N1CCNCC1. The zero-order valence-electron chi connectivity index (χ0n) is 11.4. The van der Waals surface area contributed by atoms with Gasteiger partial charge < -0.3 is 5.32 Å². The molecule has 2 nitrogen and oxygen atoms in total. The molecule has 3 rings (SSSR count). The molecular weight excluding hydrogens is 375 g/mol. The van der Waals surface area contributed by atoms with Crippen LogP contribution >= 0.6 is 39.7 Å². The summed E-state index contributed by atoms with van der Waals surface area (Å²) >= 11 is 5.12. The molecule has 1 aliphatic rings. The fourth-order valence-electron chi connectivity index (χ4n) is 2.68. The van der Waals surface area contributed by atoms with Crippen LogP contribution in [0.2, 0.25) is 0 Å². The van der Waals surface area contributed by atoms with Crippen molar-refractivity contribution in [2.24, 2.45) is 0 Å². The first-order valence-electron chi connectivity index (χ1n) is 6.67. The monoisotopic (exact) mass is 390 g/mol. The molecule has 1 atom stereocenters. The van der Waals surface area contributed by atoms with Crippen molar-refractivity contribution in [2.45, 2.75) is 6.04 Å². The quantitative estimate of drug-likeness (QED) is 0.848. The lowest BCUT2D eigenvalue weighted by Crippen LogP contribution is -2.45. The van der Waals surface area contributed by atoms with Gasteiger partial charge in [-0.15, -0.1) is 12.4 Å². The first kappa shape index (κ1) is 16.9. The average molecular weight is 392 g/mol. The number of nitrogens with one attached hydrogen (secondary N) is 1. The molecule has 21 heavy (non-hydrogen) atoms. The van der Waals surface area contributed by atoms with E-state index < -0.39 is 0 Å². The summed E-state index contributed by atoms with van der Waals surface area (Å²) in [5.41, 5.74) is 1.92. The molecule has 0 spiro atoms. The molecule has 6 heteroatoms. The predicted molar refractivity (Wildman–Crippen MR) is 92.0 cm³/mol. The molecule has 1 aromatic heterocycles. The summed E-state index contributed by atoms with van der Waals surface area (Å²) < 4.78 is 15.2. The van der Waals surface area contributed by atoms with Crippen LogP contribution in [0.5, 0.6) is 0 Å². The molecule has 0 unspecified atom stereocenters. The number of rotatable bonds is 3. The maximum Gasteiger partial charge on any atom is 0.128 e. The van der Waals surface area contributed by atoms with Crippen LogP contribution in [0, 0.1) is 5.82 Å². The molecule has 1 saturated heterocycles. The molecule has 0 aliphatic carbocycles. The molecule has 0 amide bonds. The Labute approximate surface area is 142 Å². The Morgan fingerprint density at radius 1 is 1.24 bits per heavy atom. The van der Waals surface area contributed by atoms with E-state index in [1.807, 2.05) is 6.07 Å². The number of nitrogens with zero attached hydrogens (tertiary/aromatic N) is 1. The first-order chi connectivity index (χ1) is 9.75. The number of halogens is 3. The van der Waals surface area contributed by atoms with Gasteiger partial charge in [-0.3, -0.25) is 4.90 Å². The number of benzene rings is 1. The van der Waals surface area contributed by atoms with Crippen LogP contribution in [0.1, 0.15) is 17.2 Å². The first-order valence-corrected chi connectivity index (χ1v) is 8.41. The molecule has 1 fully saturated rings. The van der Waals surface area contributed by atoms with E-state index in [1.165, 1.54) is 5.56 Å². The summed E-state index contributed by atoms with van der Waals surface area (Å²) in [6.07, 6.45) is 0. The van der Waals surface area contributed by atoms with Crippen LogP contribution in [-0.2, 0) is 0 Å². The van der Waals surface area contributed by atoms with Crippen molar-refractivity contribution in [3.8, 4) is 0 Å². The fraction of sp³-hybridized carbons (Fsp3) is 0.333. The molecule has 1 aromatic carbocycles. The average Bonchev–Trinajstić information content (AvgIpc) is 2.98. The van der Waals surface area contributed by atoms with E-state index >= 15 is 0 Å². The molecule has 0 bridgehead atoms. The van der Waals surface area contributed by atoms with Gasteiger partial charge in [-0.05, 0) is 40.6 Å². The second kappa shape index (κ2) is 7.70. The Bertz CT molecular complexity index is 573. The maximum atomic E-state index is 14.3. The van der Waals surface area contributed by atoms with Crippen molar-refractivity contribution in [3.05, 3.63) is 56.4 Å². The minimum atomic E-state index is -0.136. The third-order valence-electron chi connectivity index (χ3n) is 3.63. The van der Waals surface area contributed by atoms with Crippen molar-refractivity contribution >= 4 is 39.7 Å². The third kappa shape index (κ3) is 3.85. The van der Waals surface area contributed by atoms with Crippen molar-refractivity contribution in [1.82, 2.24) is 10.2 Å². The Kier molecular flexibility index (Phi) is 6.20. The van der Waals surface area contributed by atoms with Gasteiger partial charge in [0.15, 0.2) is 0 Å². The molecule has 0 saturated carbocycles. The Hall–Kier alpha value is -0.460. The van der Waals surface area contributed by atoms with Crippen LogP contribution in [0.25, 0.3) is 0 Å². The van der Waals surface area contributed by atoms with Crippen molar-refractivity contribution < 1.29 is 4.39 Å². The van der Waals surface area contributed by atoms with E-state index in [0.717, 1.165) is 36.2 Å². The molecule has 1 N–H and O–H groups in total. The highest BCUT2D eigenvalue weighted by molar-refractivity contribution is 9.10. The van der Waals surface area contributed by atoms with Crippen molar-refractivity contribution in [2.75, 3.05) is 26.2 Å². The van der Waals surface area contributed by atoms with Crippen LogP contribution in [0.15, 0.2) is 39.5 Å². The summed E-state index contributed by atoms with van der Waals surface area (Å²) in [5, 5.41) is 7.52. The Morgan fingerprint density at radius 2 is 2.00 bits per heavy atom. The zero-order chi connectivity index (χ0) is 13.9. The van der Waals surface area contributed by atoms with Crippen LogP contribution in [0.4, 0.5) is 4.39 Å². The maximum absolute atomic E-state index is 14.3. The van der Waals surface area contributed by atoms with Gasteiger partial charge in [-0.25, -0.2) is 4.39 Å². The van der Waals surface area contributed by atoms with E-state index in [2.05, 4.69) is 43.0 Å². The van der Waals surface area contributed by atoms with Gasteiger partial charge in [-0.2, -0.15) is 11.3 Å². The predicted octanol–water partition coefficient (Wildman–Crippen LogP) is 4.07. The minimum absolute atomic E-state index is 0. The lowest BCUT2D eigenvalue weighted by Gasteiger charge is -2.35. The number of piperazine rings is 1. The van der Waals surface area contributed by atoms with E-state index in [0.29, 0.717) is 0 Å². The summed E-state index contributed by atoms with van der Waals surface area (Å²) in [5.74, 6) is -0.136. The largest absolute Gasteiger partial charge is 0.314 e. The molecule has 0 radical (unpaired) electrons. The van der Waals surface area contributed by atoms with E-state index in [9.17, 15) is 4.39 Å². The van der Waals surface area contributed by atoms with E-state index in [1.54, 1.807) is 23.5 Å². The molecule has 2 heterocycles. The van der Waals surface area contributed by atoms with Gasteiger partial charge >= 0.3 is 0 Å². The smallest absolute Gasteiger partial charge is 0.128 e. The van der Waals surface area contributed by atoms with Crippen LogP contribution in [0.3, 0.4) is 0 Å². The number of thiophene rings is 1. The topological polar surface area (TPSA) is 15.3 Å². The molecule has 1 aliphatic heterocycles. The minimum Gasteiger partial charge on any atom is -0.314 e. The third-order valence-corrected chi connectivity index (χ3v) is 4.82. The van der Waals surface area contributed by atoms with Gasteiger partial charge in [0.25, 0.3) is 0 Å². The van der Waals surface area contributed by atoms with Gasteiger partial charge in [0.05, 0.1) is 6.04 Å². The highest BCUT2D eigenvalue weighted by Gasteiger charge is 2.26. The lowest BCUT2D eigenvalue weighted by atomic mass is 9.98. The summed E-state index contributed by atoms with van der Waals surface area (Å²) in [6, 6.07) is 7.29. The second-order valence-electron chi connectivity index (χ2n) is 4.91. The Balaban J connectivity index is 0.00000161. The normalized spacial score (nSPS) is 17.2. The van der Waals surface area contributed by atoms with Gasteiger partial charge in [0.1, 0.15) is 5.82 Å². The molecular formula is C15H17BrClFN2S. The van der Waals surface area contributed by atoms with Gasteiger partial charge in [0.2, 0.25) is 0 Å². The molecule has 2 aromatic rings.